The van der Waals surface area contributed by atoms with Crippen LogP contribution in [0, 0.1) is 17.8 Å². The highest BCUT2D eigenvalue weighted by Gasteiger charge is 2.21. The maximum atomic E-state index is 2.36. The summed E-state index contributed by atoms with van der Waals surface area (Å²) in [6.07, 6.45) is 12.4. The van der Waals surface area contributed by atoms with Gasteiger partial charge in [0.05, 0.1) is 0 Å². The second-order valence-electron chi connectivity index (χ2n) is 6.02. The summed E-state index contributed by atoms with van der Waals surface area (Å²) in [5.41, 5.74) is 1.67. The first-order valence-electron chi connectivity index (χ1n) is 7.29. The summed E-state index contributed by atoms with van der Waals surface area (Å²) in [6.45, 7) is 9.21. The Hall–Kier alpha value is -0.260. The molecule has 0 aromatic carbocycles. The van der Waals surface area contributed by atoms with Crippen molar-refractivity contribution in [2.75, 3.05) is 0 Å². The Bertz CT molecular complexity index is 204. The topological polar surface area (TPSA) is 0 Å². The highest BCUT2D eigenvalue weighted by molar-refractivity contribution is 5.01. The summed E-state index contributed by atoms with van der Waals surface area (Å²) in [5, 5.41) is 0. The average molecular weight is 222 g/mol. The second kappa shape index (κ2) is 7.14. The van der Waals surface area contributed by atoms with Crippen LogP contribution in [0.4, 0.5) is 0 Å². The van der Waals surface area contributed by atoms with E-state index < -0.39 is 0 Å². The predicted molar refractivity (Wildman–Crippen MR) is 73.6 cm³/mol. The largest absolute Gasteiger partial charge is 0.0885 e. The van der Waals surface area contributed by atoms with Gasteiger partial charge in [0.1, 0.15) is 0 Å². The first-order valence-corrected chi connectivity index (χ1v) is 7.29. The van der Waals surface area contributed by atoms with E-state index in [0.29, 0.717) is 0 Å². The molecule has 0 nitrogen and oxygen atoms in total. The Morgan fingerprint density at radius 3 is 2.12 bits per heavy atom. The molecule has 1 fully saturated rings. The molecule has 1 saturated carbocycles. The van der Waals surface area contributed by atoms with Gasteiger partial charge in [0.15, 0.2) is 0 Å². The van der Waals surface area contributed by atoms with E-state index in [1.807, 2.05) is 0 Å². The molecule has 0 atom stereocenters. The minimum atomic E-state index is 0.892. The van der Waals surface area contributed by atoms with Crippen molar-refractivity contribution in [3.63, 3.8) is 0 Å². The summed E-state index contributed by atoms with van der Waals surface area (Å²) in [7, 11) is 0. The average Bonchev–Trinajstić information content (AvgIpc) is 2.27. The van der Waals surface area contributed by atoms with E-state index >= 15 is 0 Å². The van der Waals surface area contributed by atoms with Crippen LogP contribution in [-0.2, 0) is 0 Å². The van der Waals surface area contributed by atoms with E-state index in [0.717, 1.165) is 17.8 Å². The number of rotatable bonds is 5. The molecule has 0 unspecified atom stereocenters. The van der Waals surface area contributed by atoms with Crippen molar-refractivity contribution >= 4 is 0 Å². The van der Waals surface area contributed by atoms with Crippen LogP contribution in [0.2, 0.25) is 0 Å². The zero-order valence-electron chi connectivity index (χ0n) is 11.8. The molecule has 94 valence electrons. The molecule has 0 heteroatoms. The fourth-order valence-electron chi connectivity index (χ4n) is 3.18. The molecular weight excluding hydrogens is 192 g/mol. The monoisotopic (exact) mass is 222 g/mol. The van der Waals surface area contributed by atoms with E-state index in [9.17, 15) is 0 Å². The highest BCUT2D eigenvalue weighted by Crippen LogP contribution is 2.35. The molecule has 1 aliphatic carbocycles. The highest BCUT2D eigenvalue weighted by atomic mass is 14.3. The van der Waals surface area contributed by atoms with Crippen LogP contribution in [0.3, 0.4) is 0 Å². The molecule has 0 bridgehead atoms. The molecule has 1 aliphatic rings. The Balaban J connectivity index is 2.26. The fraction of sp³-hybridized carbons (Fsp3) is 0.875. The van der Waals surface area contributed by atoms with Crippen LogP contribution in [0.1, 0.15) is 72.6 Å². The van der Waals surface area contributed by atoms with Crippen molar-refractivity contribution in [2.24, 2.45) is 17.8 Å². The SMILES string of the molecule is C/C=C(\CC)CC1CCC(CC(C)C)CC1. The smallest absolute Gasteiger partial charge is 0.0292 e. The standard InChI is InChI=1S/C16H30/c1-5-14(6-2)12-16-9-7-15(8-10-16)11-13(3)4/h5,13,15-16H,6-12H2,1-4H3/b14-5+. The summed E-state index contributed by atoms with van der Waals surface area (Å²) in [6, 6.07) is 0. The predicted octanol–water partition coefficient (Wildman–Crippen LogP) is 5.59. The van der Waals surface area contributed by atoms with Crippen molar-refractivity contribution < 1.29 is 0 Å². The lowest BCUT2D eigenvalue weighted by molar-refractivity contribution is 0.243. The third-order valence-corrected chi connectivity index (χ3v) is 4.18. The van der Waals surface area contributed by atoms with E-state index in [-0.39, 0.29) is 0 Å². The summed E-state index contributed by atoms with van der Waals surface area (Å²) < 4.78 is 0. The lowest BCUT2D eigenvalue weighted by Crippen LogP contribution is -2.16. The molecule has 1 rings (SSSR count). The maximum absolute atomic E-state index is 2.36. The molecule has 16 heavy (non-hydrogen) atoms. The maximum Gasteiger partial charge on any atom is -0.0292 e. The van der Waals surface area contributed by atoms with Gasteiger partial charge in [-0.3, -0.25) is 0 Å². The normalized spacial score (nSPS) is 27.4. The molecule has 0 saturated heterocycles. The first kappa shape index (κ1) is 13.8. The zero-order chi connectivity index (χ0) is 12.0. The number of hydrogen-bond acceptors (Lipinski definition) is 0. The molecule has 0 aliphatic heterocycles. The van der Waals surface area contributed by atoms with Crippen LogP contribution < -0.4 is 0 Å². The summed E-state index contributed by atoms with van der Waals surface area (Å²) in [5.74, 6) is 2.92. The molecule has 0 aromatic heterocycles. The van der Waals surface area contributed by atoms with Gasteiger partial charge in [-0.15, -0.1) is 0 Å². The van der Waals surface area contributed by atoms with Crippen molar-refractivity contribution in [1.82, 2.24) is 0 Å². The summed E-state index contributed by atoms with van der Waals surface area (Å²) in [4.78, 5) is 0. The van der Waals surface area contributed by atoms with Gasteiger partial charge in [0, 0.05) is 0 Å². The molecule has 0 radical (unpaired) electrons. The van der Waals surface area contributed by atoms with Gasteiger partial charge >= 0.3 is 0 Å². The van der Waals surface area contributed by atoms with Crippen LogP contribution >= 0.6 is 0 Å². The molecule has 0 N–H and O–H groups in total. The van der Waals surface area contributed by atoms with Gasteiger partial charge < -0.3 is 0 Å². The van der Waals surface area contributed by atoms with E-state index in [2.05, 4.69) is 33.8 Å². The van der Waals surface area contributed by atoms with Crippen molar-refractivity contribution in [3.8, 4) is 0 Å². The van der Waals surface area contributed by atoms with E-state index in [1.54, 1.807) is 5.57 Å². The van der Waals surface area contributed by atoms with Gasteiger partial charge in [0.2, 0.25) is 0 Å². The van der Waals surface area contributed by atoms with Gasteiger partial charge in [-0.05, 0) is 56.8 Å². The van der Waals surface area contributed by atoms with Crippen molar-refractivity contribution in [3.05, 3.63) is 11.6 Å². The molecule has 0 amide bonds. The third-order valence-electron chi connectivity index (χ3n) is 4.18. The number of hydrogen-bond donors (Lipinski definition) is 0. The van der Waals surface area contributed by atoms with Crippen LogP contribution in [0.15, 0.2) is 11.6 Å². The molecule has 0 spiro atoms. The Labute approximate surface area is 103 Å². The quantitative estimate of drug-likeness (QED) is 0.532. The van der Waals surface area contributed by atoms with Gasteiger partial charge in [0.25, 0.3) is 0 Å². The lowest BCUT2D eigenvalue weighted by atomic mass is 9.76. The minimum absolute atomic E-state index is 0.892. The third kappa shape index (κ3) is 4.72. The van der Waals surface area contributed by atoms with Gasteiger partial charge in [-0.2, -0.15) is 0 Å². The van der Waals surface area contributed by atoms with Gasteiger partial charge in [-0.1, -0.05) is 45.3 Å². The Morgan fingerprint density at radius 1 is 1.12 bits per heavy atom. The van der Waals surface area contributed by atoms with Crippen molar-refractivity contribution in [1.29, 1.82) is 0 Å². The molecule has 0 aromatic rings. The molecule has 0 heterocycles. The zero-order valence-corrected chi connectivity index (χ0v) is 11.8. The van der Waals surface area contributed by atoms with Crippen LogP contribution in [0.5, 0.6) is 0 Å². The van der Waals surface area contributed by atoms with Crippen molar-refractivity contribution in [2.45, 2.75) is 72.6 Å². The lowest BCUT2D eigenvalue weighted by Gasteiger charge is -2.30. The van der Waals surface area contributed by atoms with Gasteiger partial charge in [-0.25, -0.2) is 0 Å². The first-order chi connectivity index (χ1) is 7.65. The Kier molecular flexibility index (Phi) is 6.16. The molecular formula is C16H30. The van der Waals surface area contributed by atoms with Crippen LogP contribution in [-0.4, -0.2) is 0 Å². The van der Waals surface area contributed by atoms with E-state index in [4.69, 9.17) is 0 Å². The minimum Gasteiger partial charge on any atom is -0.0885 e. The Morgan fingerprint density at radius 2 is 1.69 bits per heavy atom. The van der Waals surface area contributed by atoms with E-state index in [1.165, 1.54) is 44.9 Å². The second-order valence-corrected chi connectivity index (χ2v) is 6.02. The number of allylic oxidation sites excluding steroid dienone is 2. The van der Waals surface area contributed by atoms with Crippen LogP contribution in [0.25, 0.3) is 0 Å². The fourth-order valence-corrected chi connectivity index (χ4v) is 3.18. The summed E-state index contributed by atoms with van der Waals surface area (Å²) >= 11 is 0.